The molecule has 0 fully saturated rings. The molecule has 4 rings (SSSR count). The van der Waals surface area contributed by atoms with Gasteiger partial charge in [0.15, 0.2) is 12.2 Å². The highest BCUT2D eigenvalue weighted by atomic mass is 16.5. The van der Waals surface area contributed by atoms with Gasteiger partial charge in [0.2, 0.25) is 5.89 Å². The summed E-state index contributed by atoms with van der Waals surface area (Å²) >= 11 is 0. The number of hydrogen-bond donors (Lipinski definition) is 1. The topological polar surface area (TPSA) is 64.4 Å². The van der Waals surface area contributed by atoms with Crippen LogP contribution in [-0.4, -0.2) is 17.5 Å². The molecule has 1 N–H and O–H groups in total. The van der Waals surface area contributed by atoms with Crippen molar-refractivity contribution in [2.45, 2.75) is 20.8 Å². The van der Waals surface area contributed by atoms with Crippen LogP contribution in [0.1, 0.15) is 16.7 Å². The van der Waals surface area contributed by atoms with Gasteiger partial charge in [0, 0.05) is 11.3 Å². The third kappa shape index (κ3) is 4.29. The van der Waals surface area contributed by atoms with Gasteiger partial charge in [0.25, 0.3) is 5.91 Å². The number of fused-ring (bicyclic) bond motifs is 1. The maximum Gasteiger partial charge on any atom is 0.262 e. The third-order valence-electron chi connectivity index (χ3n) is 4.65. The van der Waals surface area contributed by atoms with Crippen LogP contribution in [0.4, 0.5) is 5.69 Å². The Bertz CT molecular complexity index is 1180. The molecular formula is C24H22N2O3. The number of aryl methyl sites for hydroxylation is 3. The van der Waals surface area contributed by atoms with Crippen molar-refractivity contribution in [2.75, 3.05) is 11.9 Å². The second-order valence-electron chi connectivity index (χ2n) is 7.17. The Morgan fingerprint density at radius 2 is 1.69 bits per heavy atom. The van der Waals surface area contributed by atoms with Crippen LogP contribution in [0.15, 0.2) is 65.1 Å². The number of nitrogens with one attached hydrogen (secondary N) is 1. The Labute approximate surface area is 169 Å². The lowest BCUT2D eigenvalue weighted by Gasteiger charge is -2.10. The Morgan fingerprint density at radius 3 is 2.45 bits per heavy atom. The SMILES string of the molecule is Cc1ccc(OCC(=O)Nc2ccc(-c3nc4cc(C)ccc4o3)cc2)c(C)c1. The normalized spacial score (nSPS) is 10.9. The van der Waals surface area contributed by atoms with Gasteiger partial charge in [0.05, 0.1) is 0 Å². The van der Waals surface area contributed by atoms with Crippen LogP contribution in [-0.2, 0) is 4.79 Å². The zero-order valence-corrected chi connectivity index (χ0v) is 16.7. The van der Waals surface area contributed by atoms with E-state index in [1.54, 1.807) is 0 Å². The molecule has 0 radical (unpaired) electrons. The van der Waals surface area contributed by atoms with Crippen LogP contribution in [0.2, 0.25) is 0 Å². The summed E-state index contributed by atoms with van der Waals surface area (Å²) in [6.07, 6.45) is 0. The van der Waals surface area contributed by atoms with Gasteiger partial charge in [-0.25, -0.2) is 4.98 Å². The summed E-state index contributed by atoms with van der Waals surface area (Å²) in [5, 5.41) is 2.84. The van der Waals surface area contributed by atoms with E-state index in [9.17, 15) is 4.79 Å². The van der Waals surface area contributed by atoms with E-state index in [2.05, 4.69) is 10.3 Å². The summed E-state index contributed by atoms with van der Waals surface area (Å²) in [6.45, 7) is 5.96. The highest BCUT2D eigenvalue weighted by Crippen LogP contribution is 2.26. The predicted octanol–water partition coefficient (Wildman–Crippen LogP) is 5.44. The molecular weight excluding hydrogens is 364 g/mol. The van der Waals surface area contributed by atoms with Crippen molar-refractivity contribution < 1.29 is 13.9 Å². The molecule has 1 amide bonds. The molecule has 29 heavy (non-hydrogen) atoms. The van der Waals surface area contributed by atoms with Crippen LogP contribution in [0, 0.1) is 20.8 Å². The number of benzene rings is 3. The standard InChI is InChI=1S/C24H22N2O3/c1-15-4-10-21(17(3)12-15)28-14-23(27)25-19-8-6-18(7-9-19)24-26-20-13-16(2)5-11-22(20)29-24/h4-13H,14H2,1-3H3,(H,25,27). The lowest BCUT2D eigenvalue weighted by atomic mass is 10.1. The largest absolute Gasteiger partial charge is 0.483 e. The summed E-state index contributed by atoms with van der Waals surface area (Å²) in [5.74, 6) is 1.06. The fourth-order valence-electron chi connectivity index (χ4n) is 3.16. The van der Waals surface area contributed by atoms with E-state index in [0.717, 1.165) is 33.4 Å². The first-order valence-electron chi connectivity index (χ1n) is 9.45. The van der Waals surface area contributed by atoms with Gasteiger partial charge in [-0.1, -0.05) is 23.8 Å². The average Bonchev–Trinajstić information content (AvgIpc) is 3.11. The molecule has 1 heterocycles. The molecule has 5 heteroatoms. The first kappa shape index (κ1) is 18.7. The lowest BCUT2D eigenvalue weighted by molar-refractivity contribution is -0.118. The fourth-order valence-corrected chi connectivity index (χ4v) is 3.16. The van der Waals surface area contributed by atoms with E-state index in [1.165, 1.54) is 0 Å². The van der Waals surface area contributed by atoms with Crippen LogP contribution in [0.25, 0.3) is 22.6 Å². The van der Waals surface area contributed by atoms with Gasteiger partial charge in [-0.05, 0) is 74.4 Å². The number of oxazole rings is 1. The minimum atomic E-state index is -0.213. The van der Waals surface area contributed by atoms with Crippen LogP contribution in [0.3, 0.4) is 0 Å². The van der Waals surface area contributed by atoms with Gasteiger partial charge in [-0.15, -0.1) is 0 Å². The Hall–Kier alpha value is -3.60. The van der Waals surface area contributed by atoms with Gasteiger partial charge in [-0.2, -0.15) is 0 Å². The lowest BCUT2D eigenvalue weighted by Crippen LogP contribution is -2.20. The molecule has 3 aromatic carbocycles. The zero-order valence-electron chi connectivity index (χ0n) is 16.7. The summed E-state index contributed by atoms with van der Waals surface area (Å²) < 4.78 is 11.4. The van der Waals surface area contributed by atoms with Gasteiger partial charge >= 0.3 is 0 Å². The number of hydrogen-bond acceptors (Lipinski definition) is 4. The number of rotatable bonds is 5. The first-order valence-corrected chi connectivity index (χ1v) is 9.45. The maximum absolute atomic E-state index is 12.2. The summed E-state index contributed by atoms with van der Waals surface area (Å²) in [4.78, 5) is 16.7. The minimum absolute atomic E-state index is 0.0455. The van der Waals surface area contributed by atoms with Crippen molar-refractivity contribution in [3.8, 4) is 17.2 Å². The van der Waals surface area contributed by atoms with Crippen molar-refractivity contribution >= 4 is 22.7 Å². The van der Waals surface area contributed by atoms with E-state index in [-0.39, 0.29) is 12.5 Å². The number of ether oxygens (including phenoxy) is 1. The molecule has 0 aliphatic heterocycles. The average molecular weight is 386 g/mol. The van der Waals surface area contributed by atoms with E-state index < -0.39 is 0 Å². The van der Waals surface area contributed by atoms with Crippen LogP contribution < -0.4 is 10.1 Å². The summed E-state index contributed by atoms with van der Waals surface area (Å²) in [5.41, 5.74) is 6.44. The summed E-state index contributed by atoms with van der Waals surface area (Å²) in [7, 11) is 0. The number of nitrogens with zero attached hydrogens (tertiary/aromatic N) is 1. The molecule has 0 bridgehead atoms. The molecule has 146 valence electrons. The van der Waals surface area contributed by atoms with E-state index in [1.807, 2.05) is 81.4 Å². The molecule has 0 unspecified atom stereocenters. The Balaban J connectivity index is 1.40. The van der Waals surface area contributed by atoms with Crippen molar-refractivity contribution in [3.63, 3.8) is 0 Å². The van der Waals surface area contributed by atoms with E-state index in [4.69, 9.17) is 9.15 Å². The maximum atomic E-state index is 12.2. The summed E-state index contributed by atoms with van der Waals surface area (Å²) in [6, 6.07) is 19.2. The number of amides is 1. The molecule has 4 aromatic rings. The molecule has 5 nitrogen and oxygen atoms in total. The molecule has 0 saturated carbocycles. The van der Waals surface area contributed by atoms with Crippen molar-refractivity contribution in [1.82, 2.24) is 4.98 Å². The Kier molecular flexibility index (Phi) is 5.04. The zero-order chi connectivity index (χ0) is 20.4. The van der Waals surface area contributed by atoms with Crippen LogP contribution in [0.5, 0.6) is 5.75 Å². The molecule has 1 aromatic heterocycles. The highest BCUT2D eigenvalue weighted by molar-refractivity contribution is 5.92. The number of anilines is 1. The van der Waals surface area contributed by atoms with Crippen molar-refractivity contribution in [3.05, 3.63) is 77.4 Å². The smallest absolute Gasteiger partial charge is 0.262 e. The van der Waals surface area contributed by atoms with Crippen LogP contribution >= 0.6 is 0 Å². The fraction of sp³-hybridized carbons (Fsp3) is 0.167. The van der Waals surface area contributed by atoms with E-state index in [0.29, 0.717) is 17.3 Å². The number of carbonyl (C=O) groups is 1. The van der Waals surface area contributed by atoms with Crippen molar-refractivity contribution in [1.29, 1.82) is 0 Å². The molecule has 0 aliphatic carbocycles. The Morgan fingerprint density at radius 1 is 0.966 bits per heavy atom. The molecule has 0 aliphatic rings. The number of aromatic nitrogens is 1. The van der Waals surface area contributed by atoms with E-state index >= 15 is 0 Å². The third-order valence-corrected chi connectivity index (χ3v) is 4.65. The number of carbonyl (C=O) groups excluding carboxylic acids is 1. The van der Waals surface area contributed by atoms with Gasteiger partial charge < -0.3 is 14.5 Å². The van der Waals surface area contributed by atoms with Gasteiger partial charge in [0.1, 0.15) is 11.3 Å². The highest BCUT2D eigenvalue weighted by Gasteiger charge is 2.10. The predicted molar refractivity (Wildman–Crippen MR) is 114 cm³/mol. The van der Waals surface area contributed by atoms with Crippen molar-refractivity contribution in [2.24, 2.45) is 0 Å². The first-order chi connectivity index (χ1) is 14.0. The molecule has 0 saturated heterocycles. The second kappa shape index (κ2) is 7.80. The second-order valence-corrected chi connectivity index (χ2v) is 7.17. The molecule has 0 atom stereocenters. The minimum Gasteiger partial charge on any atom is -0.483 e. The molecule has 0 spiro atoms. The monoisotopic (exact) mass is 386 g/mol. The van der Waals surface area contributed by atoms with Gasteiger partial charge in [-0.3, -0.25) is 4.79 Å². The quantitative estimate of drug-likeness (QED) is 0.496.